The summed E-state index contributed by atoms with van der Waals surface area (Å²) in [5.74, 6) is -1.90. The number of benzene rings is 1. The molecule has 5 atom stereocenters. The molecule has 1 aromatic carbocycles. The molecule has 2 bridgehead atoms. The van der Waals surface area contributed by atoms with Crippen LogP contribution in [0.2, 0.25) is 0 Å². The summed E-state index contributed by atoms with van der Waals surface area (Å²) in [7, 11) is 1.49. The van der Waals surface area contributed by atoms with Crippen molar-refractivity contribution in [3.63, 3.8) is 0 Å². The lowest BCUT2D eigenvalue weighted by molar-refractivity contribution is -0.156. The highest BCUT2D eigenvalue weighted by Gasteiger charge is 2.31. The van der Waals surface area contributed by atoms with Crippen LogP contribution in [0.1, 0.15) is 77.7 Å². The largest absolute Gasteiger partial charge is 0.508 e. The number of hydrogen-bond donors (Lipinski definition) is 5. The Labute approximate surface area is 272 Å². The van der Waals surface area contributed by atoms with E-state index in [1.165, 1.54) is 19.2 Å². The fourth-order valence-electron chi connectivity index (χ4n) is 5.76. The molecule has 1 saturated carbocycles. The number of nitrogens with one attached hydrogen (secondary N) is 2. The maximum atomic E-state index is 13.1. The Bertz CT molecular complexity index is 1310. The molecule has 10 heteroatoms. The fourth-order valence-corrected chi connectivity index (χ4v) is 5.76. The predicted molar refractivity (Wildman–Crippen MR) is 177 cm³/mol. The number of fused-ring (bicyclic) bond motifs is 2. The molecule has 1 aliphatic heterocycles. The van der Waals surface area contributed by atoms with Gasteiger partial charge in [0, 0.05) is 31.4 Å². The van der Waals surface area contributed by atoms with E-state index < -0.39 is 42.1 Å². The maximum absolute atomic E-state index is 13.1. The molecule has 0 unspecified atom stereocenters. The summed E-state index contributed by atoms with van der Waals surface area (Å²) in [6.45, 7) is 5.22. The quantitative estimate of drug-likeness (QED) is 0.125. The minimum Gasteiger partial charge on any atom is -0.508 e. The Morgan fingerprint density at radius 1 is 1.07 bits per heavy atom. The first-order valence-electron chi connectivity index (χ1n) is 16.2. The molecule has 0 spiro atoms. The van der Waals surface area contributed by atoms with Gasteiger partial charge in [-0.15, -0.1) is 0 Å². The molecular formula is C36H50N2O8. The number of aryl methyl sites for hydroxylation is 1. The number of esters is 1. The zero-order valence-corrected chi connectivity index (χ0v) is 27.4. The molecule has 1 aromatic rings. The van der Waals surface area contributed by atoms with Gasteiger partial charge in [0.25, 0.3) is 0 Å². The highest BCUT2D eigenvalue weighted by molar-refractivity contribution is 5.93. The second-order valence-corrected chi connectivity index (χ2v) is 12.3. The summed E-state index contributed by atoms with van der Waals surface area (Å²) < 4.78 is 11.3. The van der Waals surface area contributed by atoms with Crippen LogP contribution in [-0.4, -0.2) is 64.6 Å². The van der Waals surface area contributed by atoms with Crippen molar-refractivity contribution in [1.29, 1.82) is 0 Å². The van der Waals surface area contributed by atoms with Crippen LogP contribution in [0.15, 0.2) is 60.2 Å². The number of carbonyl (C=O) groups excluding carboxylic acids is 3. The molecule has 0 saturated heterocycles. The van der Waals surface area contributed by atoms with Gasteiger partial charge in [-0.3, -0.25) is 9.59 Å². The number of aliphatic hydroxyl groups is 1. The van der Waals surface area contributed by atoms with E-state index in [1.807, 2.05) is 19.1 Å². The first-order valence-corrected chi connectivity index (χ1v) is 16.2. The number of ether oxygens (including phenoxy) is 2. The van der Waals surface area contributed by atoms with Crippen molar-refractivity contribution < 1.29 is 39.2 Å². The van der Waals surface area contributed by atoms with Crippen LogP contribution in [0.4, 0.5) is 5.69 Å². The highest BCUT2D eigenvalue weighted by atomic mass is 16.5. The fraction of sp³-hybridized carbons (Fsp3) is 0.528. The summed E-state index contributed by atoms with van der Waals surface area (Å²) in [4.78, 5) is 38.6. The average Bonchev–Trinajstić information content (AvgIpc) is 3.04. The number of methoxy groups -OCH3 is 1. The number of allylic oxidation sites excluding steroid dienone is 5. The Morgan fingerprint density at radius 3 is 2.50 bits per heavy atom. The molecule has 0 radical (unpaired) electrons. The first-order chi connectivity index (χ1) is 22.0. The second kappa shape index (κ2) is 18.3. The third kappa shape index (κ3) is 11.2. The number of aromatic hydroxyl groups is 2. The monoisotopic (exact) mass is 638 g/mol. The van der Waals surface area contributed by atoms with Crippen LogP contribution in [0, 0.1) is 11.8 Å². The van der Waals surface area contributed by atoms with Crippen LogP contribution in [0.3, 0.4) is 0 Å². The van der Waals surface area contributed by atoms with E-state index in [1.54, 1.807) is 44.2 Å². The number of aliphatic hydroxyl groups excluding tert-OH is 1. The smallest absolute Gasteiger partial charge is 0.328 e. The first kappa shape index (κ1) is 36.6. The van der Waals surface area contributed by atoms with E-state index in [9.17, 15) is 29.7 Å². The average molecular weight is 639 g/mol. The van der Waals surface area contributed by atoms with Crippen molar-refractivity contribution in [3.05, 3.63) is 65.8 Å². The van der Waals surface area contributed by atoms with Crippen LogP contribution in [0.5, 0.6) is 11.5 Å². The number of anilines is 1. The lowest BCUT2D eigenvalue weighted by Gasteiger charge is -2.29. The van der Waals surface area contributed by atoms with Gasteiger partial charge < -0.3 is 35.4 Å². The zero-order valence-electron chi connectivity index (χ0n) is 27.4. The topological polar surface area (TPSA) is 154 Å². The van der Waals surface area contributed by atoms with E-state index in [4.69, 9.17) is 9.47 Å². The molecule has 1 aliphatic carbocycles. The Balaban J connectivity index is 1.82. The minimum atomic E-state index is -0.940. The molecule has 2 amide bonds. The van der Waals surface area contributed by atoms with E-state index in [2.05, 4.69) is 10.6 Å². The summed E-state index contributed by atoms with van der Waals surface area (Å²) in [6, 6.07) is 1.89. The normalized spacial score (nSPS) is 27.8. The van der Waals surface area contributed by atoms with Gasteiger partial charge in [-0.1, -0.05) is 68.7 Å². The van der Waals surface area contributed by atoms with Gasteiger partial charge in [0.2, 0.25) is 11.8 Å². The van der Waals surface area contributed by atoms with Gasteiger partial charge >= 0.3 is 5.97 Å². The van der Waals surface area contributed by atoms with Crippen molar-refractivity contribution in [2.75, 3.05) is 12.4 Å². The SMILES string of the molecule is CO[C@H]1/C=C/C=C/C=C/C[C@H](OC(=O)[C@H](C)NC(=O)C2CCCCC2)[C@H](C)[C@@H](O)/C(C)=C\CCc2cc(O)cc(c2O)NC(=O)C1. The zero-order chi connectivity index (χ0) is 33.6. The van der Waals surface area contributed by atoms with Crippen molar-refractivity contribution in [1.82, 2.24) is 5.32 Å². The highest BCUT2D eigenvalue weighted by Crippen LogP contribution is 2.34. The summed E-state index contributed by atoms with van der Waals surface area (Å²) >= 11 is 0. The number of hydrogen-bond acceptors (Lipinski definition) is 8. The molecule has 0 aromatic heterocycles. The molecule has 46 heavy (non-hydrogen) atoms. The molecule has 2 aliphatic rings. The standard InChI is InChI=1S/C36H50N2O8/c1-23-14-13-17-27-20-28(39)21-30(34(27)42)38-32(40)22-29(45-4)18-11-6-5-7-12-19-31(24(2)33(23)41)46-36(44)25(3)37-35(43)26-15-9-8-10-16-26/h5-7,11-12,14,18,20-21,24-26,29,31,33,39,41-42H,8-10,13,15-17,19,22H2,1-4H3,(H,37,43)(H,38,40)/b6-5+,12-7+,18-11+,23-14-/t24-,25-,29-,31-,33-/m0/s1. The number of phenols is 2. The Kier molecular flexibility index (Phi) is 14.6. The molecule has 1 heterocycles. The van der Waals surface area contributed by atoms with E-state index in [0.29, 0.717) is 30.4 Å². The molecule has 252 valence electrons. The van der Waals surface area contributed by atoms with Gasteiger partial charge in [-0.25, -0.2) is 4.79 Å². The molecular weight excluding hydrogens is 588 g/mol. The van der Waals surface area contributed by atoms with Crippen molar-refractivity contribution in [2.24, 2.45) is 11.8 Å². The lowest BCUT2D eigenvalue weighted by Crippen LogP contribution is -2.45. The van der Waals surface area contributed by atoms with Gasteiger partial charge in [0.1, 0.15) is 23.6 Å². The van der Waals surface area contributed by atoms with E-state index in [0.717, 1.165) is 32.1 Å². The van der Waals surface area contributed by atoms with Crippen LogP contribution in [0.25, 0.3) is 0 Å². The van der Waals surface area contributed by atoms with E-state index in [-0.39, 0.29) is 35.4 Å². The summed E-state index contributed by atoms with van der Waals surface area (Å²) in [5, 5.41) is 37.8. The predicted octanol–water partition coefficient (Wildman–Crippen LogP) is 5.39. The van der Waals surface area contributed by atoms with Gasteiger partial charge in [-0.05, 0) is 56.7 Å². The summed E-state index contributed by atoms with van der Waals surface area (Å²) in [5.41, 5.74) is 1.19. The van der Waals surface area contributed by atoms with Crippen molar-refractivity contribution in [2.45, 2.75) is 103 Å². The van der Waals surface area contributed by atoms with Gasteiger partial charge in [0.15, 0.2) is 0 Å². The van der Waals surface area contributed by atoms with E-state index >= 15 is 0 Å². The van der Waals surface area contributed by atoms with Crippen molar-refractivity contribution >= 4 is 23.5 Å². The van der Waals surface area contributed by atoms with Gasteiger partial charge in [0.05, 0.1) is 24.3 Å². The Hall–Kier alpha value is -3.89. The number of rotatable bonds is 5. The Morgan fingerprint density at radius 2 is 1.78 bits per heavy atom. The van der Waals surface area contributed by atoms with Gasteiger partial charge in [-0.2, -0.15) is 0 Å². The van der Waals surface area contributed by atoms with Crippen LogP contribution in [-0.2, 0) is 30.3 Å². The third-order valence-electron chi connectivity index (χ3n) is 8.69. The third-order valence-corrected chi connectivity index (χ3v) is 8.69. The second-order valence-electron chi connectivity index (χ2n) is 12.3. The molecule has 5 N–H and O–H groups in total. The van der Waals surface area contributed by atoms with Crippen molar-refractivity contribution in [3.8, 4) is 11.5 Å². The lowest BCUT2D eigenvalue weighted by atomic mass is 9.88. The van der Waals surface area contributed by atoms with Crippen LogP contribution < -0.4 is 10.6 Å². The molecule has 1 fully saturated rings. The summed E-state index contributed by atoms with van der Waals surface area (Å²) in [6.07, 6.45) is 16.2. The maximum Gasteiger partial charge on any atom is 0.328 e. The minimum absolute atomic E-state index is 0.00853. The molecule has 3 rings (SSSR count). The number of carbonyl (C=O) groups is 3. The number of phenolic OH excluding ortho intramolecular Hbond substituents is 2. The van der Waals surface area contributed by atoms with Crippen LogP contribution >= 0.6 is 0 Å². The molecule has 10 nitrogen and oxygen atoms in total. The number of amides is 2.